The number of aromatic nitrogens is 6. The summed E-state index contributed by atoms with van der Waals surface area (Å²) in [5.41, 5.74) is 1.91. The summed E-state index contributed by atoms with van der Waals surface area (Å²) in [6.07, 6.45) is 9.12. The van der Waals surface area contributed by atoms with Crippen molar-refractivity contribution in [3.8, 4) is 0 Å². The normalized spacial score (nSPS) is 17.9. The third-order valence-electron chi connectivity index (χ3n) is 8.93. The average molecular weight is 657 g/mol. The highest BCUT2D eigenvalue weighted by Crippen LogP contribution is 2.38. The molecule has 0 bridgehead atoms. The predicted molar refractivity (Wildman–Crippen MR) is 170 cm³/mol. The molecule has 6 heterocycles. The monoisotopic (exact) mass is 656 g/mol. The number of carbonyl (C=O) groups is 1. The lowest BCUT2D eigenvalue weighted by Crippen LogP contribution is -2.25. The van der Waals surface area contributed by atoms with Gasteiger partial charge in [-0.2, -0.15) is 10.2 Å². The fourth-order valence-electron chi connectivity index (χ4n) is 6.76. The number of carbonyl (C=O) groups excluding carboxylic acids is 1. The van der Waals surface area contributed by atoms with Gasteiger partial charge < -0.3 is 20.4 Å². The zero-order valence-electron chi connectivity index (χ0n) is 25.3. The summed E-state index contributed by atoms with van der Waals surface area (Å²) in [5.74, 6) is -0.898. The molecule has 11 nitrogen and oxygen atoms in total. The minimum Gasteiger partial charge on any atom is -0.349 e. The predicted octanol–water partition coefficient (Wildman–Crippen LogP) is 6.66. The molecule has 2 amide bonds. The molecule has 244 valence electrons. The summed E-state index contributed by atoms with van der Waals surface area (Å²) in [7, 11) is 0. The van der Waals surface area contributed by atoms with Crippen LogP contribution in [0.4, 0.5) is 45.4 Å². The topological polar surface area (TPSA) is 108 Å². The Kier molecular flexibility index (Phi) is 7.30. The van der Waals surface area contributed by atoms with Crippen LogP contribution in [0.15, 0.2) is 73.3 Å². The molecule has 0 spiro atoms. The van der Waals surface area contributed by atoms with Crippen molar-refractivity contribution in [2.75, 3.05) is 33.5 Å². The van der Waals surface area contributed by atoms with Gasteiger partial charge in [-0.15, -0.1) is 0 Å². The van der Waals surface area contributed by atoms with E-state index in [9.17, 15) is 22.4 Å². The van der Waals surface area contributed by atoms with Crippen LogP contribution in [0.25, 0.3) is 11.3 Å². The second kappa shape index (κ2) is 11.8. The average Bonchev–Trinajstić information content (AvgIpc) is 3.90. The Balaban J connectivity index is 1.02. The molecular formula is C33H28F4N10O. The van der Waals surface area contributed by atoms with Crippen molar-refractivity contribution in [2.24, 2.45) is 0 Å². The van der Waals surface area contributed by atoms with Crippen molar-refractivity contribution < 1.29 is 22.4 Å². The molecule has 2 atom stereocenters. The van der Waals surface area contributed by atoms with Crippen LogP contribution in [-0.4, -0.2) is 48.3 Å². The van der Waals surface area contributed by atoms with Crippen molar-refractivity contribution in [1.82, 2.24) is 29.2 Å². The summed E-state index contributed by atoms with van der Waals surface area (Å²) < 4.78 is 60.3. The van der Waals surface area contributed by atoms with Crippen LogP contribution in [0.3, 0.4) is 0 Å². The fourth-order valence-corrected chi connectivity index (χ4v) is 6.76. The van der Waals surface area contributed by atoms with E-state index in [0.717, 1.165) is 37.1 Å². The fraction of sp³-hybridized carbons (Fsp3) is 0.242. The molecule has 0 aliphatic carbocycles. The Morgan fingerprint density at radius 2 is 1.12 bits per heavy atom. The Hall–Kier alpha value is -5.73. The van der Waals surface area contributed by atoms with Gasteiger partial charge in [0.05, 0.1) is 24.5 Å². The number of rotatable bonds is 6. The third kappa shape index (κ3) is 5.30. The first-order valence-corrected chi connectivity index (χ1v) is 15.5. The highest BCUT2D eigenvalue weighted by Gasteiger charge is 2.31. The quantitative estimate of drug-likeness (QED) is 0.193. The van der Waals surface area contributed by atoms with Gasteiger partial charge in [0.1, 0.15) is 46.3 Å². The molecule has 2 aromatic carbocycles. The maximum atomic E-state index is 14.7. The van der Waals surface area contributed by atoms with E-state index >= 15 is 0 Å². The summed E-state index contributed by atoms with van der Waals surface area (Å²) in [6.45, 7) is 1.19. The summed E-state index contributed by atoms with van der Waals surface area (Å²) >= 11 is 0. The molecule has 2 aliphatic heterocycles. The second-order valence-electron chi connectivity index (χ2n) is 11.8. The third-order valence-corrected chi connectivity index (χ3v) is 8.93. The maximum Gasteiger partial charge on any atom is 0.323 e. The van der Waals surface area contributed by atoms with E-state index in [4.69, 9.17) is 9.97 Å². The lowest BCUT2D eigenvalue weighted by Gasteiger charge is -2.26. The van der Waals surface area contributed by atoms with Crippen LogP contribution in [-0.2, 0) is 0 Å². The summed E-state index contributed by atoms with van der Waals surface area (Å²) in [5, 5.41) is 14.1. The van der Waals surface area contributed by atoms with Crippen LogP contribution < -0.4 is 20.4 Å². The van der Waals surface area contributed by atoms with Crippen molar-refractivity contribution in [2.45, 2.75) is 37.8 Å². The molecule has 15 heteroatoms. The van der Waals surface area contributed by atoms with Gasteiger partial charge in [-0.1, -0.05) is 0 Å². The summed E-state index contributed by atoms with van der Waals surface area (Å²) in [6, 6.07) is 9.01. The number of fused-ring (bicyclic) bond motifs is 2. The molecular weight excluding hydrogens is 628 g/mol. The molecule has 2 fully saturated rings. The van der Waals surface area contributed by atoms with Gasteiger partial charge >= 0.3 is 6.03 Å². The van der Waals surface area contributed by atoms with Gasteiger partial charge in [0.2, 0.25) is 0 Å². The van der Waals surface area contributed by atoms with Gasteiger partial charge in [0.25, 0.3) is 0 Å². The van der Waals surface area contributed by atoms with E-state index in [1.807, 2.05) is 9.80 Å². The van der Waals surface area contributed by atoms with Crippen LogP contribution in [0, 0.1) is 23.3 Å². The molecule has 8 rings (SSSR count). The molecule has 2 saturated heterocycles. The summed E-state index contributed by atoms with van der Waals surface area (Å²) in [4.78, 5) is 26.5. The first kappa shape index (κ1) is 29.7. The van der Waals surface area contributed by atoms with Gasteiger partial charge in [-0.05, 0) is 74.2 Å². The van der Waals surface area contributed by atoms with Crippen LogP contribution >= 0.6 is 0 Å². The number of hydrogen-bond acceptors (Lipinski definition) is 7. The first-order valence-electron chi connectivity index (χ1n) is 15.5. The van der Waals surface area contributed by atoms with Crippen molar-refractivity contribution >= 4 is 40.3 Å². The number of hydrogen-bond donors (Lipinski definition) is 2. The van der Waals surface area contributed by atoms with E-state index in [1.165, 1.54) is 33.6 Å². The van der Waals surface area contributed by atoms with E-state index in [2.05, 4.69) is 20.8 Å². The number of halogens is 4. The van der Waals surface area contributed by atoms with Gasteiger partial charge in [0, 0.05) is 36.6 Å². The minimum absolute atomic E-state index is 0.270. The number of amides is 2. The van der Waals surface area contributed by atoms with Crippen molar-refractivity contribution in [3.05, 3.63) is 108 Å². The highest BCUT2D eigenvalue weighted by atomic mass is 19.1. The zero-order chi connectivity index (χ0) is 32.9. The molecule has 2 N–H and O–H groups in total. The lowest BCUT2D eigenvalue weighted by molar-refractivity contribution is 0.262. The molecule has 4 aromatic heterocycles. The van der Waals surface area contributed by atoms with E-state index in [-0.39, 0.29) is 11.1 Å². The number of urea groups is 1. The van der Waals surface area contributed by atoms with E-state index in [0.29, 0.717) is 60.2 Å². The van der Waals surface area contributed by atoms with Crippen molar-refractivity contribution in [1.29, 1.82) is 0 Å². The first-order chi connectivity index (χ1) is 23.3. The Bertz CT molecular complexity index is 2030. The number of anilines is 4. The molecule has 48 heavy (non-hydrogen) atoms. The zero-order valence-corrected chi connectivity index (χ0v) is 25.3. The van der Waals surface area contributed by atoms with Crippen LogP contribution in [0.1, 0.15) is 48.9 Å². The SMILES string of the molecule is O=C(Nc1cnn2ccc(N3CCC[C@@H]3c3cc(F)ccc3F)nc12)Nc1cnn2ccc(N3CCC[C@@H]3c3cc(F)ccc3F)nc12. The number of nitrogens with zero attached hydrogens (tertiary/aromatic N) is 8. The minimum atomic E-state index is -0.596. The van der Waals surface area contributed by atoms with E-state index in [1.54, 1.807) is 24.5 Å². The van der Waals surface area contributed by atoms with Gasteiger partial charge in [-0.25, -0.2) is 41.4 Å². The smallest absolute Gasteiger partial charge is 0.323 e. The Morgan fingerprint density at radius 1 is 0.667 bits per heavy atom. The maximum absolute atomic E-state index is 14.7. The number of nitrogens with one attached hydrogen (secondary N) is 2. The number of benzene rings is 2. The molecule has 6 aromatic rings. The Morgan fingerprint density at radius 3 is 1.58 bits per heavy atom. The molecule has 0 saturated carbocycles. The van der Waals surface area contributed by atoms with Gasteiger partial charge in [-0.3, -0.25) is 0 Å². The molecule has 0 unspecified atom stereocenters. The van der Waals surface area contributed by atoms with Gasteiger partial charge in [0.15, 0.2) is 11.3 Å². The largest absolute Gasteiger partial charge is 0.349 e. The standard InChI is InChI=1S/C33H28F4N10O/c34-19-5-7-23(36)21(15-19)27-3-1-11-44(27)29-9-13-46-31(42-29)25(17-38-46)40-33(48)41-26-18-39-47-14-10-30(43-32(26)47)45-12-2-4-28(45)22-16-20(35)6-8-24(22)37/h5-10,13-18,27-28H,1-4,11-12H2,(H2,40,41,48)/t27-,28-/m1/s1. The highest BCUT2D eigenvalue weighted by molar-refractivity contribution is 6.03. The lowest BCUT2D eigenvalue weighted by atomic mass is 10.0. The van der Waals surface area contributed by atoms with Crippen LogP contribution in [0.5, 0.6) is 0 Å². The van der Waals surface area contributed by atoms with Crippen LogP contribution in [0.2, 0.25) is 0 Å². The molecule has 0 radical (unpaired) electrons. The van der Waals surface area contributed by atoms with E-state index < -0.39 is 41.4 Å². The Labute approximate surface area is 270 Å². The second-order valence-corrected chi connectivity index (χ2v) is 11.8. The van der Waals surface area contributed by atoms with Crippen molar-refractivity contribution in [3.63, 3.8) is 0 Å². The molecule has 2 aliphatic rings.